The van der Waals surface area contributed by atoms with Gasteiger partial charge in [0.1, 0.15) is 6.56 Å². The summed E-state index contributed by atoms with van der Waals surface area (Å²) in [7, 11) is 1.14. The lowest BCUT2D eigenvalue weighted by Crippen LogP contribution is -2.28. The highest BCUT2D eigenvalue weighted by molar-refractivity contribution is 5.84. The Morgan fingerprint density at radius 1 is 1.71 bits per heavy atom. The number of cyclic esters (lactones) is 1. The Hall–Kier alpha value is -2.01. The van der Waals surface area contributed by atoms with E-state index < -0.39 is 38.6 Å². The van der Waals surface area contributed by atoms with Gasteiger partial charge in [-0.05, 0) is 50.1 Å². The third-order valence-corrected chi connectivity index (χ3v) is 3.13. The first kappa shape index (κ1) is 6.40. The molecule has 1 amide bonds. The molecule has 1 saturated heterocycles. The fourth-order valence-corrected chi connectivity index (χ4v) is 2.15. The van der Waals surface area contributed by atoms with Crippen LogP contribution in [-0.2, 0) is 17.6 Å². The standard InChI is InChI=1S/C16H21N3O2/c1-19(2)6-5-12-9-17-15-4-3-11(8-14(12)15)7-13-10-21-16(20)18-13/h3-4,8-9,13,17H,5-7,10H2,1-2H3,(H,18,20)/t13-/m0/s1/i1D3,6D2,10D2,13D/hD2. The van der Waals surface area contributed by atoms with E-state index in [1.54, 1.807) is 0 Å². The number of fused-ring (bicyclic) bond motifs is 1. The molecule has 1 aliphatic heterocycles. The summed E-state index contributed by atoms with van der Waals surface area (Å²) in [6.07, 6.45) is -0.656. The number of likely N-dealkylation sites (N-methyl/N-ethyl adjacent to an activating group) is 1. The molecule has 0 saturated carbocycles. The van der Waals surface area contributed by atoms with E-state index in [1.165, 1.54) is 24.4 Å². The number of aromatic amines is 1. The molecule has 5 heteroatoms. The number of nitrogens with zero attached hydrogens (tertiary/aromatic N) is 1. The molecule has 0 radical (unpaired) electrons. The number of hydrogen-bond acceptors (Lipinski definition) is 3. The Balaban J connectivity index is 1.99. The minimum Gasteiger partial charge on any atom is -0.447 e. The SMILES string of the molecule is [2H]N1C(=O)OC([2H])([2H])[C@]1([2H])Cc1ccc2c(c1)c(CC([2H])([2H])N(C)C([2H])([2H])[2H])cn2[2H]. The van der Waals surface area contributed by atoms with Gasteiger partial charge in [0.25, 0.3) is 0 Å². The first-order valence-electron chi connectivity index (χ1n) is 11.3. The smallest absolute Gasteiger partial charge is 0.407 e. The van der Waals surface area contributed by atoms with Crippen molar-refractivity contribution in [3.05, 3.63) is 35.5 Å². The normalized spacial score (nSPS) is 32.9. The zero-order chi connectivity index (χ0) is 23.6. The van der Waals surface area contributed by atoms with Crippen molar-refractivity contribution in [3.8, 4) is 0 Å². The predicted molar refractivity (Wildman–Crippen MR) is 82.5 cm³/mol. The molecule has 2 heterocycles. The molecule has 0 aliphatic carbocycles. The minimum absolute atomic E-state index is 0.137. The van der Waals surface area contributed by atoms with Gasteiger partial charge in [0.05, 0.1) is 10.1 Å². The van der Waals surface area contributed by atoms with Crippen molar-refractivity contribution in [2.24, 2.45) is 0 Å². The molecule has 112 valence electrons. The van der Waals surface area contributed by atoms with Crippen molar-refractivity contribution in [3.63, 3.8) is 0 Å². The van der Waals surface area contributed by atoms with Crippen LogP contribution in [0.3, 0.4) is 0 Å². The lowest BCUT2D eigenvalue weighted by Gasteiger charge is -2.09. The van der Waals surface area contributed by atoms with Gasteiger partial charge in [-0.25, -0.2) is 4.79 Å². The quantitative estimate of drug-likeness (QED) is 0.886. The molecule has 2 aromatic rings. The fraction of sp³-hybridized carbons (Fsp3) is 0.438. The maximum atomic E-state index is 11.6. The monoisotopic (exact) mass is 297 g/mol. The largest absolute Gasteiger partial charge is 0.447 e. The number of aromatic nitrogens is 1. The van der Waals surface area contributed by atoms with Crippen LogP contribution < -0.4 is 5.31 Å². The third-order valence-electron chi connectivity index (χ3n) is 3.13. The summed E-state index contributed by atoms with van der Waals surface area (Å²) in [5.74, 6) is 0. The molecule has 3 rings (SSSR count). The van der Waals surface area contributed by atoms with Crippen LogP contribution in [0.4, 0.5) is 4.79 Å². The average Bonchev–Trinajstić information content (AvgIpc) is 3.00. The summed E-state index contributed by atoms with van der Waals surface area (Å²) in [6, 6.07) is 2.21. The maximum absolute atomic E-state index is 11.6. The Morgan fingerprint density at radius 3 is 3.38 bits per heavy atom. The molecule has 0 unspecified atom stereocenters. The number of nitrogens with one attached hydrogen (secondary N) is 2. The summed E-state index contributed by atoms with van der Waals surface area (Å²) < 4.78 is 82.9. The van der Waals surface area contributed by atoms with Crippen LogP contribution in [0.5, 0.6) is 0 Å². The third kappa shape index (κ3) is 3.19. The molecule has 1 aromatic heterocycles. The number of carbonyl (C=O) groups is 1. The number of alkyl carbamates (subject to hydrolysis) is 1. The molecule has 1 fully saturated rings. The molecule has 5 nitrogen and oxygen atoms in total. The van der Waals surface area contributed by atoms with Gasteiger partial charge in [-0.1, -0.05) is 6.07 Å². The van der Waals surface area contributed by atoms with Crippen LogP contribution in [0.1, 0.15) is 22.1 Å². The van der Waals surface area contributed by atoms with Crippen molar-refractivity contribution in [2.45, 2.75) is 18.9 Å². The Kier molecular flexibility index (Phi) is 1.76. The topological polar surface area (TPSA) is 57.4 Å². The number of carbonyl (C=O) groups excluding carboxylic acids is 1. The van der Waals surface area contributed by atoms with Crippen molar-refractivity contribution < 1.29 is 23.3 Å². The average molecular weight is 297 g/mol. The molecule has 0 spiro atoms. The van der Waals surface area contributed by atoms with Gasteiger partial charge < -0.3 is 19.9 Å². The molecular formula is C16H21N3O2. The zero-order valence-electron chi connectivity index (χ0n) is 21.4. The number of ether oxygens (including phenoxy) is 1. The molecule has 2 N–H and O–H groups in total. The van der Waals surface area contributed by atoms with Crippen molar-refractivity contribution >= 4 is 17.0 Å². The van der Waals surface area contributed by atoms with E-state index in [-0.39, 0.29) is 11.7 Å². The number of hydrogen-bond donors (Lipinski definition) is 2. The Morgan fingerprint density at radius 2 is 2.62 bits per heavy atom. The maximum Gasteiger partial charge on any atom is 0.407 e. The van der Waals surface area contributed by atoms with Crippen LogP contribution in [0.15, 0.2) is 24.4 Å². The second kappa shape index (κ2) is 5.77. The highest BCUT2D eigenvalue weighted by atomic mass is 16.6. The minimum atomic E-state index is -2.73. The van der Waals surface area contributed by atoms with E-state index >= 15 is 0 Å². The molecule has 1 aromatic carbocycles. The van der Waals surface area contributed by atoms with Gasteiger partial charge in [-0.15, -0.1) is 0 Å². The highest BCUT2D eigenvalue weighted by Crippen LogP contribution is 2.21. The van der Waals surface area contributed by atoms with Crippen LogP contribution in [0.25, 0.3) is 10.9 Å². The molecule has 1 atom stereocenters. The van der Waals surface area contributed by atoms with E-state index in [0.717, 1.165) is 12.0 Å². The van der Waals surface area contributed by atoms with E-state index in [4.69, 9.17) is 13.8 Å². The van der Waals surface area contributed by atoms with Gasteiger partial charge in [-0.2, -0.15) is 0 Å². The summed E-state index contributed by atoms with van der Waals surface area (Å²) >= 11 is 0. The zero-order valence-corrected chi connectivity index (χ0v) is 11.4. The Bertz CT molecular complexity index is 1020. The molecule has 21 heavy (non-hydrogen) atoms. The lowest BCUT2D eigenvalue weighted by atomic mass is 10.0. The number of H-pyrrole nitrogens is 1. The second-order valence-electron chi connectivity index (χ2n) is 4.73. The Labute approximate surface area is 138 Å². The second-order valence-corrected chi connectivity index (χ2v) is 4.73. The van der Waals surface area contributed by atoms with Crippen molar-refractivity contribution in [1.29, 1.82) is 0 Å². The predicted octanol–water partition coefficient (Wildman–Crippen LogP) is 1.92. The van der Waals surface area contributed by atoms with Crippen LogP contribution in [0, 0.1) is 0 Å². The number of benzene rings is 1. The summed E-state index contributed by atoms with van der Waals surface area (Å²) in [6.45, 7) is -7.65. The highest BCUT2D eigenvalue weighted by Gasteiger charge is 2.22. The van der Waals surface area contributed by atoms with Crippen LogP contribution >= 0.6 is 0 Å². The van der Waals surface area contributed by atoms with E-state index in [0.29, 0.717) is 26.9 Å². The molecule has 0 bridgehead atoms. The first-order chi connectivity index (χ1) is 14.0. The van der Waals surface area contributed by atoms with Gasteiger partial charge in [0, 0.05) is 30.5 Å². The van der Waals surface area contributed by atoms with Crippen molar-refractivity contribution in [2.75, 3.05) is 27.1 Å². The number of rotatable bonds is 5. The van der Waals surface area contributed by atoms with E-state index in [2.05, 4.69) is 4.74 Å². The van der Waals surface area contributed by atoms with Gasteiger partial charge in [-0.3, -0.25) is 0 Å². The van der Waals surface area contributed by atoms with E-state index in [1.807, 2.05) is 0 Å². The number of aryl methyl sites for hydroxylation is 1. The first-order valence-corrected chi connectivity index (χ1v) is 6.38. The molecular weight excluding hydrogens is 266 g/mol. The lowest BCUT2D eigenvalue weighted by molar-refractivity contribution is 0.177. The summed E-state index contributed by atoms with van der Waals surface area (Å²) in [5, 5.41) is 0.554. The van der Waals surface area contributed by atoms with E-state index in [9.17, 15) is 4.79 Å². The van der Waals surface area contributed by atoms with Crippen LogP contribution in [0.2, 0.25) is 2.82 Å². The van der Waals surface area contributed by atoms with Crippen LogP contribution in [-0.4, -0.2) is 49.1 Å². The van der Waals surface area contributed by atoms with Gasteiger partial charge in [0.2, 0.25) is 0 Å². The fourth-order valence-electron chi connectivity index (χ4n) is 2.15. The number of amides is 1. The molecule has 1 aliphatic rings. The van der Waals surface area contributed by atoms with Crippen molar-refractivity contribution in [1.82, 2.24) is 15.2 Å². The summed E-state index contributed by atoms with van der Waals surface area (Å²) in [5.41, 5.74) is 1.10. The van der Waals surface area contributed by atoms with Gasteiger partial charge in [0.15, 0.2) is 2.82 Å². The van der Waals surface area contributed by atoms with Gasteiger partial charge >= 0.3 is 6.09 Å². The summed E-state index contributed by atoms with van der Waals surface area (Å²) in [4.78, 5) is 13.2.